The Bertz CT molecular complexity index is 425. The minimum absolute atomic E-state index is 0.132. The second kappa shape index (κ2) is 3.41. The van der Waals surface area contributed by atoms with Crippen molar-refractivity contribution in [3.8, 4) is 0 Å². The summed E-state index contributed by atoms with van der Waals surface area (Å²) in [6.45, 7) is 4.15. The molecule has 0 nitrogen and oxygen atoms in total. The van der Waals surface area contributed by atoms with Gasteiger partial charge in [-0.25, -0.2) is 4.39 Å². The molecule has 0 bridgehead atoms. The van der Waals surface area contributed by atoms with Crippen molar-refractivity contribution in [2.24, 2.45) is 0 Å². The Morgan fingerprint density at radius 2 is 1.86 bits per heavy atom. The predicted molar refractivity (Wildman–Crippen MR) is 57.4 cm³/mol. The molecule has 0 unspecified atom stereocenters. The summed E-state index contributed by atoms with van der Waals surface area (Å²) in [6, 6.07) is 6.95. The highest BCUT2D eigenvalue weighted by molar-refractivity contribution is 5.82. The number of rotatable bonds is 1. The Kier molecular flexibility index (Phi) is 2.24. The molecule has 0 N–H and O–H groups in total. The van der Waals surface area contributed by atoms with E-state index in [9.17, 15) is 4.39 Å². The van der Waals surface area contributed by atoms with Gasteiger partial charge in [-0.15, -0.1) is 0 Å². The molecule has 1 aliphatic carbocycles. The predicted octanol–water partition coefficient (Wildman–Crippen LogP) is 3.95. The summed E-state index contributed by atoms with van der Waals surface area (Å²) in [4.78, 5) is 0. The quantitative estimate of drug-likeness (QED) is 0.626. The summed E-state index contributed by atoms with van der Waals surface area (Å²) in [5.74, 6) is -0.132. The van der Waals surface area contributed by atoms with Crippen LogP contribution in [0.15, 0.2) is 41.5 Å². The lowest BCUT2D eigenvalue weighted by atomic mass is 10.0. The molecule has 0 radical (unpaired) electrons. The average Bonchev–Trinajstić information content (AvgIpc) is 2.49. The van der Waals surface area contributed by atoms with Gasteiger partial charge in [-0.2, -0.15) is 0 Å². The summed E-state index contributed by atoms with van der Waals surface area (Å²) in [7, 11) is 0. The van der Waals surface area contributed by atoms with Gasteiger partial charge in [-0.05, 0) is 37.5 Å². The molecular weight excluding hydrogens is 175 g/mol. The first-order chi connectivity index (χ1) is 6.70. The molecule has 0 aliphatic heterocycles. The van der Waals surface area contributed by atoms with Crippen molar-refractivity contribution >= 4 is 5.57 Å². The van der Waals surface area contributed by atoms with E-state index in [4.69, 9.17) is 0 Å². The normalized spacial score (nSPS) is 16.1. The molecule has 0 aromatic heterocycles. The van der Waals surface area contributed by atoms with Crippen molar-refractivity contribution in [3.63, 3.8) is 0 Å². The first-order valence-corrected chi connectivity index (χ1v) is 4.82. The van der Waals surface area contributed by atoms with Crippen LogP contribution in [0, 0.1) is 5.82 Å². The lowest BCUT2D eigenvalue weighted by molar-refractivity contribution is 0.624. The van der Waals surface area contributed by atoms with Crippen LogP contribution in [-0.2, 0) is 0 Å². The number of hydrogen-bond donors (Lipinski definition) is 0. The summed E-state index contributed by atoms with van der Waals surface area (Å²) >= 11 is 0. The SMILES string of the molecule is CC1=C(C)C(c2ccccc2F)=CC1. The van der Waals surface area contributed by atoms with Crippen LogP contribution < -0.4 is 0 Å². The maximum atomic E-state index is 13.5. The van der Waals surface area contributed by atoms with Crippen molar-refractivity contribution in [1.29, 1.82) is 0 Å². The van der Waals surface area contributed by atoms with E-state index in [-0.39, 0.29) is 5.82 Å². The van der Waals surface area contributed by atoms with Crippen molar-refractivity contribution in [2.75, 3.05) is 0 Å². The second-order valence-corrected chi connectivity index (χ2v) is 3.71. The standard InChI is InChI=1S/C13H13F/c1-9-7-8-11(10(9)2)12-5-3-4-6-13(12)14/h3-6,8H,7H2,1-2H3. The third-order valence-corrected chi connectivity index (χ3v) is 2.82. The van der Waals surface area contributed by atoms with Crippen LogP contribution in [0.2, 0.25) is 0 Å². The van der Waals surface area contributed by atoms with E-state index < -0.39 is 0 Å². The minimum atomic E-state index is -0.132. The third kappa shape index (κ3) is 1.39. The van der Waals surface area contributed by atoms with Crippen LogP contribution in [0.4, 0.5) is 4.39 Å². The van der Waals surface area contributed by atoms with Crippen LogP contribution in [0.25, 0.3) is 5.57 Å². The zero-order chi connectivity index (χ0) is 10.1. The van der Waals surface area contributed by atoms with E-state index in [0.29, 0.717) is 0 Å². The Morgan fingerprint density at radius 1 is 1.14 bits per heavy atom. The molecule has 0 spiro atoms. The zero-order valence-electron chi connectivity index (χ0n) is 8.47. The molecule has 1 aromatic rings. The second-order valence-electron chi connectivity index (χ2n) is 3.71. The molecule has 1 heteroatoms. The molecular formula is C13H13F. The summed E-state index contributed by atoms with van der Waals surface area (Å²) in [6.07, 6.45) is 3.05. The minimum Gasteiger partial charge on any atom is -0.206 e. The van der Waals surface area contributed by atoms with Gasteiger partial charge in [0.05, 0.1) is 0 Å². The molecule has 14 heavy (non-hydrogen) atoms. The van der Waals surface area contributed by atoms with Crippen molar-refractivity contribution in [3.05, 3.63) is 52.9 Å². The van der Waals surface area contributed by atoms with Gasteiger partial charge in [-0.3, -0.25) is 0 Å². The maximum Gasteiger partial charge on any atom is 0.131 e. The van der Waals surface area contributed by atoms with Gasteiger partial charge in [0.1, 0.15) is 5.82 Å². The van der Waals surface area contributed by atoms with Crippen molar-refractivity contribution in [2.45, 2.75) is 20.3 Å². The van der Waals surface area contributed by atoms with E-state index in [1.54, 1.807) is 6.07 Å². The molecule has 0 heterocycles. The lowest BCUT2D eigenvalue weighted by Gasteiger charge is -2.06. The van der Waals surface area contributed by atoms with Crippen molar-refractivity contribution in [1.82, 2.24) is 0 Å². The van der Waals surface area contributed by atoms with E-state index in [0.717, 1.165) is 17.6 Å². The van der Waals surface area contributed by atoms with E-state index in [1.165, 1.54) is 17.2 Å². The smallest absolute Gasteiger partial charge is 0.131 e. The molecule has 0 amide bonds. The zero-order valence-corrected chi connectivity index (χ0v) is 8.47. The topological polar surface area (TPSA) is 0 Å². The van der Waals surface area contributed by atoms with Crippen LogP contribution >= 0.6 is 0 Å². The Labute approximate surface area is 83.8 Å². The molecule has 1 aliphatic rings. The molecule has 2 rings (SSSR count). The molecule has 0 atom stereocenters. The van der Waals surface area contributed by atoms with E-state index >= 15 is 0 Å². The maximum absolute atomic E-state index is 13.5. The van der Waals surface area contributed by atoms with E-state index in [1.807, 2.05) is 12.1 Å². The molecule has 1 aromatic carbocycles. The molecule has 72 valence electrons. The van der Waals surface area contributed by atoms with Gasteiger partial charge >= 0.3 is 0 Å². The summed E-state index contributed by atoms with van der Waals surface area (Å²) in [5.41, 5.74) is 4.33. The van der Waals surface area contributed by atoms with E-state index in [2.05, 4.69) is 19.9 Å². The van der Waals surface area contributed by atoms with Gasteiger partial charge in [0.15, 0.2) is 0 Å². The van der Waals surface area contributed by atoms with Crippen LogP contribution in [0.1, 0.15) is 25.8 Å². The fourth-order valence-electron chi connectivity index (χ4n) is 1.78. The summed E-state index contributed by atoms with van der Waals surface area (Å²) < 4.78 is 13.5. The number of benzene rings is 1. The van der Waals surface area contributed by atoms with Crippen LogP contribution in [0.5, 0.6) is 0 Å². The van der Waals surface area contributed by atoms with Gasteiger partial charge in [0.2, 0.25) is 0 Å². The van der Waals surface area contributed by atoms with Gasteiger partial charge in [-0.1, -0.05) is 29.8 Å². The van der Waals surface area contributed by atoms with Crippen LogP contribution in [0.3, 0.4) is 0 Å². The van der Waals surface area contributed by atoms with Crippen LogP contribution in [-0.4, -0.2) is 0 Å². The fourth-order valence-corrected chi connectivity index (χ4v) is 1.78. The highest BCUT2D eigenvalue weighted by Crippen LogP contribution is 2.33. The number of halogens is 1. The van der Waals surface area contributed by atoms with Gasteiger partial charge in [0, 0.05) is 5.56 Å². The number of hydrogen-bond acceptors (Lipinski definition) is 0. The highest BCUT2D eigenvalue weighted by atomic mass is 19.1. The molecule has 0 saturated carbocycles. The molecule has 0 saturated heterocycles. The lowest BCUT2D eigenvalue weighted by Crippen LogP contribution is -1.88. The first kappa shape index (κ1) is 9.20. The third-order valence-electron chi connectivity index (χ3n) is 2.82. The summed E-state index contributed by atoms with van der Waals surface area (Å²) in [5, 5.41) is 0. The Morgan fingerprint density at radius 3 is 2.43 bits per heavy atom. The average molecular weight is 188 g/mol. The number of allylic oxidation sites excluding steroid dienone is 4. The largest absolute Gasteiger partial charge is 0.206 e. The Balaban J connectivity index is 2.48. The molecule has 0 fully saturated rings. The Hall–Kier alpha value is -1.37. The monoisotopic (exact) mass is 188 g/mol. The first-order valence-electron chi connectivity index (χ1n) is 4.82. The highest BCUT2D eigenvalue weighted by Gasteiger charge is 2.14. The van der Waals surface area contributed by atoms with Crippen molar-refractivity contribution < 1.29 is 4.39 Å². The fraction of sp³-hybridized carbons (Fsp3) is 0.231. The van der Waals surface area contributed by atoms with Gasteiger partial charge < -0.3 is 0 Å². The van der Waals surface area contributed by atoms with Gasteiger partial charge in [0.25, 0.3) is 0 Å².